The number of carbonyl (C=O) groups excluding carboxylic acids is 1. The van der Waals surface area contributed by atoms with Crippen molar-refractivity contribution in [1.82, 2.24) is 4.90 Å². The standard InChI is InChI=1S/C16H21NO6/c1-5-11-13-9(6-7-17(11)16(20)23-4)14(22-3)10(15(18)19)8-12(13)21-2/h8,11H,5-7H2,1-4H3,(H,18,19). The van der Waals surface area contributed by atoms with E-state index in [1.165, 1.54) is 27.4 Å². The summed E-state index contributed by atoms with van der Waals surface area (Å²) in [5, 5.41) is 9.40. The molecule has 0 aromatic heterocycles. The molecule has 0 spiro atoms. The number of hydrogen-bond acceptors (Lipinski definition) is 5. The minimum absolute atomic E-state index is 0.0597. The Morgan fingerprint density at radius 1 is 1.30 bits per heavy atom. The molecule has 1 unspecified atom stereocenters. The van der Waals surface area contributed by atoms with Crippen LogP contribution < -0.4 is 9.47 Å². The Bertz CT molecular complexity index is 627. The van der Waals surface area contributed by atoms with Gasteiger partial charge in [0.15, 0.2) is 0 Å². The van der Waals surface area contributed by atoms with Gasteiger partial charge in [-0.25, -0.2) is 9.59 Å². The summed E-state index contributed by atoms with van der Waals surface area (Å²) in [6.45, 7) is 2.38. The molecule has 7 nitrogen and oxygen atoms in total. The van der Waals surface area contributed by atoms with E-state index < -0.39 is 12.1 Å². The maximum absolute atomic E-state index is 12.0. The largest absolute Gasteiger partial charge is 0.496 e. The zero-order valence-electron chi connectivity index (χ0n) is 13.7. The number of nitrogens with zero attached hydrogens (tertiary/aromatic N) is 1. The van der Waals surface area contributed by atoms with Gasteiger partial charge in [-0.2, -0.15) is 0 Å². The molecular formula is C16H21NO6. The first-order valence-electron chi connectivity index (χ1n) is 7.35. The van der Waals surface area contributed by atoms with Crippen LogP contribution in [0.25, 0.3) is 0 Å². The van der Waals surface area contributed by atoms with E-state index in [0.717, 1.165) is 11.1 Å². The van der Waals surface area contributed by atoms with Gasteiger partial charge < -0.3 is 24.2 Å². The molecule has 126 valence electrons. The Labute approximate surface area is 134 Å². The first-order chi connectivity index (χ1) is 11.0. The smallest absolute Gasteiger partial charge is 0.410 e. The molecule has 1 aromatic rings. The van der Waals surface area contributed by atoms with Gasteiger partial charge in [-0.15, -0.1) is 0 Å². The summed E-state index contributed by atoms with van der Waals surface area (Å²) in [5.41, 5.74) is 1.62. The molecule has 1 aliphatic rings. The summed E-state index contributed by atoms with van der Waals surface area (Å²) in [5.74, 6) is -0.304. The van der Waals surface area contributed by atoms with E-state index in [-0.39, 0.29) is 11.6 Å². The van der Waals surface area contributed by atoms with Crippen molar-refractivity contribution in [3.8, 4) is 11.5 Å². The minimum atomic E-state index is -1.08. The molecule has 0 aliphatic carbocycles. The lowest BCUT2D eigenvalue weighted by Crippen LogP contribution is -2.40. The van der Waals surface area contributed by atoms with E-state index in [0.29, 0.717) is 30.9 Å². The van der Waals surface area contributed by atoms with Gasteiger partial charge in [0.05, 0.1) is 27.4 Å². The highest BCUT2D eigenvalue weighted by Crippen LogP contribution is 2.44. The van der Waals surface area contributed by atoms with Crippen LogP contribution in [0.1, 0.15) is 40.9 Å². The number of rotatable bonds is 4. The van der Waals surface area contributed by atoms with Crippen LogP contribution in [0.2, 0.25) is 0 Å². The lowest BCUT2D eigenvalue weighted by Gasteiger charge is -2.37. The van der Waals surface area contributed by atoms with Crippen molar-refractivity contribution in [1.29, 1.82) is 0 Å². The molecular weight excluding hydrogens is 302 g/mol. The third kappa shape index (κ3) is 2.78. The molecule has 7 heteroatoms. The summed E-state index contributed by atoms with van der Waals surface area (Å²) >= 11 is 0. The molecule has 0 bridgehead atoms. The molecule has 23 heavy (non-hydrogen) atoms. The minimum Gasteiger partial charge on any atom is -0.496 e. The summed E-state index contributed by atoms with van der Waals surface area (Å²) in [7, 11) is 4.27. The van der Waals surface area contributed by atoms with E-state index in [9.17, 15) is 14.7 Å². The van der Waals surface area contributed by atoms with Gasteiger partial charge in [-0.05, 0) is 18.9 Å². The summed E-state index contributed by atoms with van der Waals surface area (Å²) < 4.78 is 15.6. The zero-order valence-corrected chi connectivity index (χ0v) is 13.7. The highest BCUT2D eigenvalue weighted by Gasteiger charge is 2.36. The Hall–Kier alpha value is -2.44. The average molecular weight is 323 g/mol. The summed E-state index contributed by atoms with van der Waals surface area (Å²) in [6, 6.07) is 1.20. The van der Waals surface area contributed by atoms with Crippen molar-refractivity contribution in [3.05, 3.63) is 22.8 Å². The number of carboxylic acids is 1. The molecule has 1 aliphatic heterocycles. The van der Waals surface area contributed by atoms with Crippen molar-refractivity contribution >= 4 is 12.1 Å². The van der Waals surface area contributed by atoms with Crippen molar-refractivity contribution in [2.75, 3.05) is 27.9 Å². The molecule has 1 heterocycles. The van der Waals surface area contributed by atoms with E-state index in [2.05, 4.69) is 0 Å². The monoisotopic (exact) mass is 323 g/mol. The number of amides is 1. The highest BCUT2D eigenvalue weighted by molar-refractivity contribution is 5.92. The molecule has 0 fully saturated rings. The highest BCUT2D eigenvalue weighted by atomic mass is 16.5. The van der Waals surface area contributed by atoms with E-state index >= 15 is 0 Å². The molecule has 1 atom stereocenters. The number of aromatic carboxylic acids is 1. The van der Waals surface area contributed by atoms with Crippen LogP contribution in [-0.2, 0) is 11.2 Å². The Kier molecular flexibility index (Phi) is 4.98. The third-order valence-electron chi connectivity index (χ3n) is 4.15. The van der Waals surface area contributed by atoms with Crippen molar-refractivity contribution in [3.63, 3.8) is 0 Å². The van der Waals surface area contributed by atoms with Crippen molar-refractivity contribution in [2.45, 2.75) is 25.8 Å². The first kappa shape index (κ1) is 16.9. The molecule has 0 radical (unpaired) electrons. The average Bonchev–Trinajstić information content (AvgIpc) is 2.57. The predicted octanol–water partition coefficient (Wildman–Crippen LogP) is 2.48. The topological polar surface area (TPSA) is 85.3 Å². The fourth-order valence-corrected chi connectivity index (χ4v) is 3.19. The zero-order chi connectivity index (χ0) is 17.1. The molecule has 1 N–H and O–H groups in total. The van der Waals surface area contributed by atoms with Gasteiger partial charge in [-0.1, -0.05) is 6.92 Å². The Morgan fingerprint density at radius 2 is 2.00 bits per heavy atom. The van der Waals surface area contributed by atoms with Gasteiger partial charge >= 0.3 is 12.1 Å². The number of fused-ring (bicyclic) bond motifs is 1. The summed E-state index contributed by atoms with van der Waals surface area (Å²) in [4.78, 5) is 25.1. The normalized spacial score (nSPS) is 16.5. The fraction of sp³-hybridized carbons (Fsp3) is 0.500. The van der Waals surface area contributed by atoms with Crippen LogP contribution in [0.3, 0.4) is 0 Å². The summed E-state index contributed by atoms with van der Waals surface area (Å²) in [6.07, 6.45) is 0.709. The number of carbonyl (C=O) groups is 2. The second-order valence-corrected chi connectivity index (χ2v) is 5.19. The predicted molar refractivity (Wildman–Crippen MR) is 82.4 cm³/mol. The Morgan fingerprint density at radius 3 is 2.48 bits per heavy atom. The molecule has 1 aromatic carbocycles. The maximum Gasteiger partial charge on any atom is 0.410 e. The molecule has 2 rings (SSSR count). The van der Waals surface area contributed by atoms with Crippen LogP contribution in [0.4, 0.5) is 4.79 Å². The lowest BCUT2D eigenvalue weighted by atomic mass is 9.88. The van der Waals surface area contributed by atoms with E-state index in [1.807, 2.05) is 6.92 Å². The van der Waals surface area contributed by atoms with E-state index in [1.54, 1.807) is 4.90 Å². The van der Waals surface area contributed by atoms with Crippen LogP contribution in [0.15, 0.2) is 6.07 Å². The lowest BCUT2D eigenvalue weighted by molar-refractivity contribution is 0.0690. The van der Waals surface area contributed by atoms with Crippen LogP contribution in [0.5, 0.6) is 11.5 Å². The van der Waals surface area contributed by atoms with Crippen LogP contribution in [0, 0.1) is 0 Å². The molecule has 1 amide bonds. The van der Waals surface area contributed by atoms with Crippen molar-refractivity contribution < 1.29 is 28.9 Å². The quantitative estimate of drug-likeness (QED) is 0.916. The molecule has 0 saturated heterocycles. The Balaban J connectivity index is 2.68. The van der Waals surface area contributed by atoms with Gasteiger partial charge in [0.2, 0.25) is 0 Å². The van der Waals surface area contributed by atoms with Gasteiger partial charge in [0.1, 0.15) is 17.1 Å². The fourth-order valence-electron chi connectivity index (χ4n) is 3.19. The second-order valence-electron chi connectivity index (χ2n) is 5.19. The SMILES string of the molecule is CCC1c2c(OC)cc(C(=O)O)c(OC)c2CCN1C(=O)OC. The third-order valence-corrected chi connectivity index (χ3v) is 4.15. The number of benzene rings is 1. The number of ether oxygens (including phenoxy) is 3. The molecule has 0 saturated carbocycles. The number of hydrogen-bond donors (Lipinski definition) is 1. The van der Waals surface area contributed by atoms with Gasteiger partial charge in [-0.3, -0.25) is 0 Å². The number of carboxylic acid groups (broad SMARTS) is 1. The maximum atomic E-state index is 12.0. The van der Waals surface area contributed by atoms with E-state index in [4.69, 9.17) is 14.2 Å². The van der Waals surface area contributed by atoms with Gasteiger partial charge in [0, 0.05) is 17.7 Å². The number of methoxy groups -OCH3 is 3. The van der Waals surface area contributed by atoms with Gasteiger partial charge in [0.25, 0.3) is 0 Å². The first-order valence-corrected chi connectivity index (χ1v) is 7.35. The van der Waals surface area contributed by atoms with Crippen LogP contribution >= 0.6 is 0 Å². The van der Waals surface area contributed by atoms with Crippen LogP contribution in [-0.4, -0.2) is 49.9 Å². The second kappa shape index (κ2) is 6.76. The van der Waals surface area contributed by atoms with Crippen molar-refractivity contribution in [2.24, 2.45) is 0 Å².